The van der Waals surface area contributed by atoms with Gasteiger partial charge in [-0.3, -0.25) is 0 Å². The van der Waals surface area contributed by atoms with E-state index < -0.39 is 15.2 Å². The fraction of sp³-hybridized carbons (Fsp3) is 0.545. The van der Waals surface area contributed by atoms with E-state index >= 15 is 0 Å². The fourth-order valence-electron chi connectivity index (χ4n) is 1.85. The van der Waals surface area contributed by atoms with Crippen molar-refractivity contribution in [2.45, 2.75) is 12.3 Å². The topological polar surface area (TPSA) is 87.0 Å². The van der Waals surface area contributed by atoms with Crippen LogP contribution in [-0.2, 0) is 9.84 Å². The first kappa shape index (κ1) is 14.1. The molecule has 19 heavy (non-hydrogen) atoms. The number of hydrogen-bond donors (Lipinski definition) is 0. The summed E-state index contributed by atoms with van der Waals surface area (Å²) < 4.78 is 24.2. The molecule has 0 spiro atoms. The van der Waals surface area contributed by atoms with Gasteiger partial charge < -0.3 is 4.90 Å². The molecule has 6 nitrogen and oxygen atoms in total. The van der Waals surface area contributed by atoms with Gasteiger partial charge in [0.25, 0.3) is 0 Å². The lowest BCUT2D eigenvalue weighted by Crippen LogP contribution is -2.48. The van der Waals surface area contributed by atoms with E-state index in [1.807, 2.05) is 6.07 Å². The largest absolute Gasteiger partial charge is 0.322 e. The first-order valence-corrected chi connectivity index (χ1v) is 8.74. The monoisotopic (exact) mass is 298 g/mol. The second-order valence-corrected chi connectivity index (χ2v) is 7.63. The zero-order valence-electron chi connectivity index (χ0n) is 10.5. The van der Waals surface area contributed by atoms with Gasteiger partial charge in [-0.15, -0.1) is 0 Å². The van der Waals surface area contributed by atoms with Gasteiger partial charge in [-0.2, -0.15) is 17.0 Å². The minimum absolute atomic E-state index is 0.0899. The van der Waals surface area contributed by atoms with Crippen molar-refractivity contribution in [1.29, 1.82) is 5.26 Å². The van der Waals surface area contributed by atoms with Crippen molar-refractivity contribution in [3.63, 3.8) is 0 Å². The van der Waals surface area contributed by atoms with Crippen LogP contribution in [0.4, 0.5) is 5.95 Å². The quantitative estimate of drug-likeness (QED) is 0.810. The summed E-state index contributed by atoms with van der Waals surface area (Å²) in [5, 5.41) is 8.24. The summed E-state index contributed by atoms with van der Waals surface area (Å²) in [6, 6.07) is 3.45. The highest BCUT2D eigenvalue weighted by Crippen LogP contribution is 2.24. The summed E-state index contributed by atoms with van der Waals surface area (Å²) in [5.41, 5.74) is 0.246. The highest BCUT2D eigenvalue weighted by Gasteiger charge is 2.34. The van der Waals surface area contributed by atoms with E-state index in [0.717, 1.165) is 5.75 Å². The molecular formula is C11H14N4O2S2. The van der Waals surface area contributed by atoms with Gasteiger partial charge in [0.2, 0.25) is 5.95 Å². The highest BCUT2D eigenvalue weighted by molar-refractivity contribution is 8.01. The van der Waals surface area contributed by atoms with Crippen LogP contribution in [0.25, 0.3) is 0 Å². The Labute approximate surface area is 116 Å². The molecule has 0 radical (unpaired) electrons. The molecule has 0 aromatic carbocycles. The Hall–Kier alpha value is -1.33. The Morgan fingerprint density at radius 1 is 1.63 bits per heavy atom. The zero-order valence-corrected chi connectivity index (χ0v) is 12.1. The van der Waals surface area contributed by atoms with Crippen LogP contribution >= 0.6 is 11.8 Å². The molecule has 1 aliphatic rings. The lowest BCUT2D eigenvalue weighted by atomic mass is 10.4. The highest BCUT2D eigenvalue weighted by atomic mass is 32.2. The lowest BCUT2D eigenvalue weighted by molar-refractivity contribution is 0.577. The minimum Gasteiger partial charge on any atom is -0.322 e. The van der Waals surface area contributed by atoms with E-state index in [9.17, 15) is 8.42 Å². The molecule has 0 amide bonds. The molecule has 1 atom stereocenters. The summed E-state index contributed by atoms with van der Waals surface area (Å²) in [6.45, 7) is 2.21. The van der Waals surface area contributed by atoms with Crippen LogP contribution in [0.15, 0.2) is 12.3 Å². The number of sulfone groups is 1. The van der Waals surface area contributed by atoms with Crippen LogP contribution in [0.2, 0.25) is 0 Å². The summed E-state index contributed by atoms with van der Waals surface area (Å²) in [5.74, 6) is 1.75. The predicted octanol–water partition coefficient (Wildman–Crippen LogP) is 0.662. The minimum atomic E-state index is -3.20. The van der Waals surface area contributed by atoms with Gasteiger partial charge in [-0.1, -0.05) is 6.92 Å². The van der Waals surface area contributed by atoms with Crippen LogP contribution in [0.3, 0.4) is 0 Å². The average molecular weight is 298 g/mol. The Balaban J connectivity index is 2.37. The third-order valence-corrected chi connectivity index (χ3v) is 6.20. The molecule has 0 saturated carbocycles. The van der Waals surface area contributed by atoms with Crippen molar-refractivity contribution >= 4 is 27.5 Å². The summed E-state index contributed by atoms with van der Waals surface area (Å²) in [4.78, 5) is 9.88. The Bertz CT molecular complexity index is 597. The van der Waals surface area contributed by atoms with E-state index in [4.69, 9.17) is 5.26 Å². The van der Waals surface area contributed by atoms with E-state index in [-0.39, 0.29) is 11.4 Å². The molecule has 1 aromatic rings. The molecule has 2 heterocycles. The summed E-state index contributed by atoms with van der Waals surface area (Å²) in [6.07, 6.45) is 1.48. The Morgan fingerprint density at radius 2 is 2.42 bits per heavy atom. The van der Waals surface area contributed by atoms with Crippen molar-refractivity contribution in [1.82, 2.24) is 9.97 Å². The van der Waals surface area contributed by atoms with Gasteiger partial charge in [0.15, 0.2) is 9.84 Å². The number of nitrogens with zero attached hydrogens (tertiary/aromatic N) is 4. The molecule has 102 valence electrons. The van der Waals surface area contributed by atoms with Crippen LogP contribution in [0.5, 0.6) is 0 Å². The van der Waals surface area contributed by atoms with Gasteiger partial charge in [0, 0.05) is 30.0 Å². The molecule has 8 heteroatoms. The second kappa shape index (κ2) is 5.75. The van der Waals surface area contributed by atoms with Crippen molar-refractivity contribution in [2.75, 3.05) is 28.7 Å². The Kier molecular flexibility index (Phi) is 4.27. The van der Waals surface area contributed by atoms with E-state index in [1.165, 1.54) is 12.3 Å². The van der Waals surface area contributed by atoms with Crippen molar-refractivity contribution in [3.05, 3.63) is 18.0 Å². The lowest BCUT2D eigenvalue weighted by Gasteiger charge is -2.34. The standard InChI is InChI=1S/C11H14N4O2S2/c1-2-19(16,17)10-8-18-6-5-15(10)11-13-4-3-9(7-12)14-11/h3-4,10H,2,5-6,8H2,1H3. The molecule has 1 aromatic heterocycles. The molecule has 1 fully saturated rings. The van der Waals surface area contributed by atoms with Gasteiger partial charge in [0.05, 0.1) is 0 Å². The molecule has 1 saturated heterocycles. The van der Waals surface area contributed by atoms with Crippen LogP contribution in [0, 0.1) is 11.3 Å². The first-order valence-electron chi connectivity index (χ1n) is 5.87. The van der Waals surface area contributed by atoms with E-state index in [2.05, 4.69) is 9.97 Å². The molecule has 0 aliphatic carbocycles. The van der Waals surface area contributed by atoms with Crippen LogP contribution < -0.4 is 4.90 Å². The molecule has 0 N–H and O–H groups in total. The van der Waals surface area contributed by atoms with Crippen LogP contribution in [-0.4, -0.2) is 47.6 Å². The number of aromatic nitrogens is 2. The Morgan fingerprint density at radius 3 is 3.11 bits per heavy atom. The maximum absolute atomic E-state index is 12.1. The van der Waals surface area contributed by atoms with Crippen molar-refractivity contribution in [2.24, 2.45) is 0 Å². The second-order valence-electron chi connectivity index (χ2n) is 4.03. The zero-order chi connectivity index (χ0) is 13.9. The van der Waals surface area contributed by atoms with Crippen molar-refractivity contribution in [3.8, 4) is 6.07 Å². The van der Waals surface area contributed by atoms with E-state index in [1.54, 1.807) is 23.6 Å². The number of anilines is 1. The fourth-order valence-corrected chi connectivity index (χ4v) is 4.81. The molecule has 1 unspecified atom stereocenters. The van der Waals surface area contributed by atoms with Gasteiger partial charge in [-0.25, -0.2) is 18.4 Å². The number of nitriles is 1. The number of rotatable bonds is 3. The van der Waals surface area contributed by atoms with Crippen LogP contribution in [0.1, 0.15) is 12.6 Å². The smallest absolute Gasteiger partial charge is 0.227 e. The van der Waals surface area contributed by atoms with Gasteiger partial charge >= 0.3 is 0 Å². The third kappa shape index (κ3) is 2.98. The summed E-state index contributed by atoms with van der Waals surface area (Å²) in [7, 11) is -3.20. The molecular weight excluding hydrogens is 284 g/mol. The van der Waals surface area contributed by atoms with Gasteiger partial charge in [-0.05, 0) is 6.07 Å². The molecule has 1 aliphatic heterocycles. The molecule has 0 bridgehead atoms. The normalized spacial score (nSPS) is 20.0. The first-order chi connectivity index (χ1) is 9.08. The third-order valence-electron chi connectivity index (χ3n) is 2.92. The number of thioether (sulfide) groups is 1. The number of hydrogen-bond acceptors (Lipinski definition) is 7. The maximum Gasteiger partial charge on any atom is 0.227 e. The van der Waals surface area contributed by atoms with E-state index in [0.29, 0.717) is 18.2 Å². The molecule has 2 rings (SSSR count). The summed E-state index contributed by atoms with van der Waals surface area (Å²) >= 11 is 1.61. The predicted molar refractivity (Wildman–Crippen MR) is 74.7 cm³/mol. The SMILES string of the molecule is CCS(=O)(=O)C1CSCCN1c1nccc(C#N)n1. The van der Waals surface area contributed by atoms with Crippen molar-refractivity contribution < 1.29 is 8.42 Å². The van der Waals surface area contributed by atoms with Gasteiger partial charge in [0.1, 0.15) is 17.1 Å². The average Bonchev–Trinajstić information content (AvgIpc) is 2.47. The maximum atomic E-state index is 12.1.